The summed E-state index contributed by atoms with van der Waals surface area (Å²) in [5.41, 5.74) is 2.93. The van der Waals surface area contributed by atoms with E-state index < -0.39 is 20.3 Å². The Balaban J connectivity index is 1.41. The maximum Gasteiger partial charge on any atom is 0.311 e. The molecule has 0 saturated carbocycles. The minimum absolute atomic E-state index is 0.136. The molecule has 5 rings (SSSR count). The highest BCUT2D eigenvalue weighted by Gasteiger charge is 2.43. The van der Waals surface area contributed by atoms with Crippen LogP contribution in [0.3, 0.4) is 0 Å². The number of aliphatic hydroxyl groups excluding tert-OH is 1. The van der Waals surface area contributed by atoms with E-state index >= 15 is 0 Å². The smallest absolute Gasteiger partial charge is 0.311 e. The lowest BCUT2D eigenvalue weighted by molar-refractivity contribution is -0.140. The van der Waals surface area contributed by atoms with E-state index in [1.54, 1.807) is 17.6 Å². The molecule has 0 bridgehead atoms. The largest absolute Gasteiger partial charge is 0.426 e. The number of esters is 1. The molecule has 0 unspecified atom stereocenters. The van der Waals surface area contributed by atoms with Crippen molar-refractivity contribution in [3.63, 3.8) is 0 Å². The van der Waals surface area contributed by atoms with Gasteiger partial charge in [0.05, 0.1) is 23.4 Å². The van der Waals surface area contributed by atoms with E-state index in [2.05, 4.69) is 25.7 Å². The SMILES string of the molecule is CC[C@@]1(O)C(=O)CCc2c1cc1n(c2=O)Cc2cc3c(CC[Si](C)(C)C)c(OC(=O)CCCCCCCC(=O)CO)ccc3nc2-1. The normalized spacial score (nSPS) is 17.1. The van der Waals surface area contributed by atoms with Crippen molar-refractivity contribution >= 4 is 36.5 Å². The highest BCUT2D eigenvalue weighted by molar-refractivity contribution is 6.76. The molecule has 0 radical (unpaired) electrons. The van der Waals surface area contributed by atoms with Crippen molar-refractivity contribution in [2.24, 2.45) is 0 Å². The van der Waals surface area contributed by atoms with Crippen molar-refractivity contribution in [2.45, 2.75) is 115 Å². The lowest BCUT2D eigenvalue weighted by Gasteiger charge is -2.32. The first-order valence-electron chi connectivity index (χ1n) is 16.7. The predicted octanol–water partition coefficient (Wildman–Crippen LogP) is 5.62. The van der Waals surface area contributed by atoms with Gasteiger partial charge in [-0.15, -0.1) is 0 Å². The Morgan fingerprint density at radius 2 is 1.74 bits per heavy atom. The number of benzene rings is 1. The Morgan fingerprint density at radius 1 is 1.02 bits per heavy atom. The van der Waals surface area contributed by atoms with Crippen molar-refractivity contribution in [1.29, 1.82) is 0 Å². The molecule has 9 nitrogen and oxygen atoms in total. The molecule has 2 aliphatic rings. The number of ether oxygens (including phenoxy) is 1. The van der Waals surface area contributed by atoms with E-state index in [0.717, 1.165) is 60.2 Å². The Hall–Kier alpha value is -3.47. The molecule has 3 aromatic rings. The number of hydrogen-bond donors (Lipinski definition) is 2. The van der Waals surface area contributed by atoms with Gasteiger partial charge in [-0.25, -0.2) is 4.98 Å². The summed E-state index contributed by atoms with van der Waals surface area (Å²) in [7, 11) is -1.45. The number of aliphatic hydroxyl groups is 2. The second-order valence-electron chi connectivity index (χ2n) is 14.1. The van der Waals surface area contributed by atoms with Crippen molar-refractivity contribution in [3.8, 4) is 17.1 Å². The second-order valence-corrected chi connectivity index (χ2v) is 19.7. The molecule has 0 saturated heterocycles. The number of hydrogen-bond acceptors (Lipinski definition) is 8. The van der Waals surface area contributed by atoms with Crippen LogP contribution < -0.4 is 10.3 Å². The first-order valence-corrected chi connectivity index (χ1v) is 20.4. The number of ketones is 2. The molecule has 10 heteroatoms. The zero-order valence-electron chi connectivity index (χ0n) is 27.5. The number of nitrogens with zero attached hydrogens (tertiary/aromatic N) is 2. The lowest BCUT2D eigenvalue weighted by Crippen LogP contribution is -2.43. The third kappa shape index (κ3) is 6.94. The van der Waals surface area contributed by atoms with Crippen molar-refractivity contribution < 1.29 is 29.3 Å². The van der Waals surface area contributed by atoms with Gasteiger partial charge in [0, 0.05) is 55.0 Å². The number of rotatable bonds is 14. The summed E-state index contributed by atoms with van der Waals surface area (Å²) < 4.78 is 7.67. The van der Waals surface area contributed by atoms with Crippen LogP contribution in [-0.4, -0.2) is 52.0 Å². The molecular weight excluding hydrogens is 600 g/mol. The van der Waals surface area contributed by atoms with E-state index in [-0.39, 0.29) is 35.9 Å². The third-order valence-electron chi connectivity index (χ3n) is 9.50. The minimum atomic E-state index is -1.66. The van der Waals surface area contributed by atoms with E-state index in [1.165, 1.54) is 0 Å². The monoisotopic (exact) mass is 646 g/mol. The number of fused-ring (bicyclic) bond motifs is 5. The molecule has 0 amide bonds. The van der Waals surface area contributed by atoms with Gasteiger partial charge in [0.25, 0.3) is 5.56 Å². The maximum atomic E-state index is 13.7. The van der Waals surface area contributed by atoms with Crippen molar-refractivity contribution in [3.05, 3.63) is 56.9 Å². The van der Waals surface area contributed by atoms with Gasteiger partial charge in [-0.1, -0.05) is 51.9 Å². The molecule has 1 aliphatic carbocycles. The fourth-order valence-electron chi connectivity index (χ4n) is 6.70. The number of Topliss-reactive ketones (excluding diaryl/α,β-unsaturated/α-hetero) is 2. The van der Waals surface area contributed by atoms with Crippen LogP contribution in [0.5, 0.6) is 5.75 Å². The van der Waals surface area contributed by atoms with Crippen LogP contribution >= 0.6 is 0 Å². The fraction of sp³-hybridized carbons (Fsp3) is 0.528. The van der Waals surface area contributed by atoms with Crippen LogP contribution in [0.25, 0.3) is 22.3 Å². The van der Waals surface area contributed by atoms with Crippen LogP contribution in [0.4, 0.5) is 0 Å². The molecule has 1 atom stereocenters. The summed E-state index contributed by atoms with van der Waals surface area (Å²) >= 11 is 0. The van der Waals surface area contributed by atoms with Gasteiger partial charge in [0.1, 0.15) is 18.0 Å². The first-order chi connectivity index (χ1) is 21.9. The molecule has 2 aromatic heterocycles. The quantitative estimate of drug-likeness (QED) is 0.0781. The highest BCUT2D eigenvalue weighted by atomic mass is 28.3. The highest BCUT2D eigenvalue weighted by Crippen LogP contribution is 2.40. The topological polar surface area (TPSA) is 136 Å². The van der Waals surface area contributed by atoms with Crippen molar-refractivity contribution in [1.82, 2.24) is 9.55 Å². The molecule has 3 heterocycles. The molecule has 46 heavy (non-hydrogen) atoms. The van der Waals surface area contributed by atoms with Crippen LogP contribution in [0, 0.1) is 0 Å². The van der Waals surface area contributed by atoms with Gasteiger partial charge in [0.15, 0.2) is 11.6 Å². The van der Waals surface area contributed by atoms with E-state index in [0.29, 0.717) is 60.5 Å². The molecule has 0 fully saturated rings. The minimum Gasteiger partial charge on any atom is -0.426 e. The summed E-state index contributed by atoms with van der Waals surface area (Å²) in [6.45, 7) is 8.65. The van der Waals surface area contributed by atoms with Gasteiger partial charge in [-0.2, -0.15) is 0 Å². The maximum absolute atomic E-state index is 13.7. The summed E-state index contributed by atoms with van der Waals surface area (Å²) in [5, 5.41) is 21.0. The molecule has 1 aromatic carbocycles. The van der Waals surface area contributed by atoms with Crippen LogP contribution in [0.15, 0.2) is 29.1 Å². The van der Waals surface area contributed by atoms with Crippen LogP contribution in [-0.2, 0) is 39.4 Å². The summed E-state index contributed by atoms with van der Waals surface area (Å²) in [6, 6.07) is 8.54. The van der Waals surface area contributed by atoms with Gasteiger partial charge < -0.3 is 19.5 Å². The van der Waals surface area contributed by atoms with Crippen LogP contribution in [0.2, 0.25) is 25.7 Å². The number of aromatic nitrogens is 2. The number of pyridine rings is 2. The first kappa shape index (κ1) is 33.9. The van der Waals surface area contributed by atoms with E-state index in [1.807, 2.05) is 12.1 Å². The fourth-order valence-corrected chi connectivity index (χ4v) is 7.70. The van der Waals surface area contributed by atoms with Gasteiger partial charge in [-0.05, 0) is 56.4 Å². The number of unbranched alkanes of at least 4 members (excludes halogenated alkanes) is 4. The van der Waals surface area contributed by atoms with Crippen LogP contribution in [0.1, 0.15) is 87.0 Å². The molecule has 246 valence electrons. The Labute approximate surface area is 271 Å². The van der Waals surface area contributed by atoms with Crippen molar-refractivity contribution in [2.75, 3.05) is 6.61 Å². The molecule has 0 spiro atoms. The second kappa shape index (κ2) is 13.7. The number of aryl methyl sites for hydroxylation is 1. The average molecular weight is 647 g/mol. The summed E-state index contributed by atoms with van der Waals surface area (Å²) in [4.78, 5) is 55.6. The number of carbonyl (C=O) groups is 3. The Morgan fingerprint density at radius 3 is 2.43 bits per heavy atom. The van der Waals surface area contributed by atoms with E-state index in [9.17, 15) is 24.3 Å². The van der Waals surface area contributed by atoms with Gasteiger partial charge in [-0.3, -0.25) is 19.2 Å². The Kier molecular flexibility index (Phi) is 10.1. The Bertz CT molecular complexity index is 1740. The van der Waals surface area contributed by atoms with Gasteiger partial charge in [0.2, 0.25) is 0 Å². The summed E-state index contributed by atoms with van der Waals surface area (Å²) in [5.74, 6) is -0.114. The third-order valence-corrected chi connectivity index (χ3v) is 11.2. The number of carbonyl (C=O) groups excluding carboxylic acids is 3. The zero-order valence-corrected chi connectivity index (χ0v) is 28.5. The lowest BCUT2D eigenvalue weighted by atomic mass is 9.77. The molecular formula is C36H46N2O7Si. The summed E-state index contributed by atoms with van der Waals surface area (Å²) in [6.07, 6.45) is 6.25. The predicted molar refractivity (Wildman–Crippen MR) is 180 cm³/mol. The molecule has 2 N–H and O–H groups in total. The van der Waals surface area contributed by atoms with E-state index in [4.69, 9.17) is 14.8 Å². The zero-order chi connectivity index (χ0) is 33.2. The molecule has 1 aliphatic heterocycles. The standard InChI is InChI=1S/C36H46N2O7Si/c1-5-36(44)28-20-30-34-23(21-38(30)35(43)26(28)13-16-32(36)41)19-27-25(17-18-46(2,3)4)31(15-14-29(27)37-34)45-33(42)12-10-8-6-7-9-11-24(40)22-39/h14-15,19-20,39,44H,5-13,16-18,21-22H2,1-4H3/t36-/m0/s1. The average Bonchev–Trinajstić information content (AvgIpc) is 3.38. The van der Waals surface area contributed by atoms with Gasteiger partial charge >= 0.3 is 5.97 Å².